The van der Waals surface area contributed by atoms with E-state index in [4.69, 9.17) is 4.98 Å². The molecule has 4 heterocycles. The maximum absolute atomic E-state index is 14.8. The SMILES string of the molecule is Cc1ncsc1-c1cccc([C@H](CC(=O)NCC(=O)NCCCCC#Cc2cccc(Cn3c(-c4ccccc4)c(-c4ccccc4)c4c(=N)n(C5CCC(O)CC5)cnc43)c2)NC(=O)[C@@H]2C[C@@H](O)CN2C(=O)C(NC(=O)C2(F)CC2)C(C)(C)C)c1. The second-order valence-corrected chi connectivity index (χ2v) is 24.9. The Morgan fingerprint density at radius 1 is 0.826 bits per heavy atom. The molecule has 2 saturated carbocycles. The number of carbonyl (C=O) groups is 5. The van der Waals surface area contributed by atoms with Crippen molar-refractivity contribution in [3.8, 4) is 44.7 Å². The lowest BCUT2D eigenvalue weighted by atomic mass is 9.85. The summed E-state index contributed by atoms with van der Waals surface area (Å²) in [6.45, 7) is 7.42. The van der Waals surface area contributed by atoms with Crippen LogP contribution in [0.3, 0.4) is 0 Å². The number of amides is 5. The van der Waals surface area contributed by atoms with Gasteiger partial charge in [-0.05, 0) is 110 Å². The van der Waals surface area contributed by atoms with E-state index in [1.165, 1.54) is 16.2 Å². The number of β-amino-alcohol motifs (C(OH)–C–C–N with tert-alkyl or cyclic N) is 1. The summed E-state index contributed by atoms with van der Waals surface area (Å²) in [6, 6.07) is 32.7. The highest BCUT2D eigenvalue weighted by Crippen LogP contribution is 2.42. The minimum atomic E-state index is -2.03. The highest BCUT2D eigenvalue weighted by Gasteiger charge is 2.53. The molecule has 0 spiro atoms. The summed E-state index contributed by atoms with van der Waals surface area (Å²) in [5, 5.41) is 42.7. The fraction of sp³-hybridized carbons (Fsp3) is 0.403. The number of likely N-dealkylation sites (tertiary alicyclic amines) is 1. The summed E-state index contributed by atoms with van der Waals surface area (Å²) in [4.78, 5) is 79.8. The van der Waals surface area contributed by atoms with Crippen LogP contribution in [0.4, 0.5) is 4.39 Å². The summed E-state index contributed by atoms with van der Waals surface area (Å²) in [5.74, 6) is 3.58. The van der Waals surface area contributed by atoms with Crippen molar-refractivity contribution in [2.45, 2.75) is 147 Å². The number of alkyl halides is 1. The number of hydrogen-bond donors (Lipinski definition) is 7. The van der Waals surface area contributed by atoms with Crippen molar-refractivity contribution >= 4 is 51.9 Å². The van der Waals surface area contributed by atoms with Gasteiger partial charge in [-0.25, -0.2) is 14.4 Å². The Kier molecular flexibility index (Phi) is 18.8. The summed E-state index contributed by atoms with van der Waals surface area (Å²) < 4.78 is 19.0. The van der Waals surface area contributed by atoms with Crippen LogP contribution in [-0.4, -0.2) is 113 Å². The van der Waals surface area contributed by atoms with Crippen LogP contribution in [0.1, 0.15) is 126 Å². The monoisotopic (exact) mass is 1180 g/mol. The quantitative estimate of drug-likeness (QED) is 0.0285. The zero-order valence-corrected chi connectivity index (χ0v) is 49.9. The average Bonchev–Trinajstić information content (AvgIpc) is 1.67. The zero-order chi connectivity index (χ0) is 60.7. The number of unbranched alkanes of at least 4 members (excludes halogenated alkanes) is 2. The van der Waals surface area contributed by atoms with E-state index < -0.39 is 58.9 Å². The highest BCUT2D eigenvalue weighted by atomic mass is 32.1. The number of carbonyl (C=O) groups excluding carboxylic acids is 5. The Labute approximate surface area is 504 Å². The van der Waals surface area contributed by atoms with Gasteiger partial charge in [0.25, 0.3) is 5.91 Å². The Bertz CT molecular complexity index is 3740. The molecule has 3 fully saturated rings. The lowest BCUT2D eigenvalue weighted by Gasteiger charge is -2.36. The summed E-state index contributed by atoms with van der Waals surface area (Å²) in [5.41, 5.74) is 7.98. The lowest BCUT2D eigenvalue weighted by Crippen LogP contribution is -2.59. The van der Waals surface area contributed by atoms with Gasteiger partial charge in [0.2, 0.25) is 23.6 Å². The number of rotatable bonds is 20. The molecule has 2 aliphatic carbocycles. The number of aliphatic hydroxyl groups excluding tert-OH is 2. The number of halogens is 1. The first-order chi connectivity index (χ1) is 41.3. The second kappa shape index (κ2) is 26.5. The van der Waals surface area contributed by atoms with Crippen molar-refractivity contribution in [3.63, 3.8) is 0 Å². The molecular formula is C67H75FN10O7S. The van der Waals surface area contributed by atoms with Crippen LogP contribution in [0.2, 0.25) is 0 Å². The smallest absolute Gasteiger partial charge is 0.258 e. The molecule has 1 aliphatic heterocycles. The molecular weight excluding hydrogens is 1110 g/mol. The van der Waals surface area contributed by atoms with Crippen molar-refractivity contribution in [3.05, 3.63) is 149 Å². The van der Waals surface area contributed by atoms with E-state index in [1.807, 2.05) is 78.2 Å². The lowest BCUT2D eigenvalue weighted by molar-refractivity contribution is -0.145. The number of aromatic nitrogens is 4. The van der Waals surface area contributed by atoms with Gasteiger partial charge in [-0.15, -0.1) is 11.3 Å². The maximum Gasteiger partial charge on any atom is 0.258 e. The zero-order valence-electron chi connectivity index (χ0n) is 49.1. The third kappa shape index (κ3) is 14.2. The van der Waals surface area contributed by atoms with Crippen molar-refractivity contribution < 1.29 is 38.6 Å². The van der Waals surface area contributed by atoms with Crippen molar-refractivity contribution in [1.82, 2.24) is 45.3 Å². The van der Waals surface area contributed by atoms with Gasteiger partial charge in [0.1, 0.15) is 23.2 Å². The highest BCUT2D eigenvalue weighted by molar-refractivity contribution is 7.13. The molecule has 1 unspecified atom stereocenters. The van der Waals surface area contributed by atoms with Gasteiger partial charge in [0, 0.05) is 49.6 Å². The largest absolute Gasteiger partial charge is 0.393 e. The van der Waals surface area contributed by atoms with E-state index in [1.54, 1.807) is 38.7 Å². The van der Waals surface area contributed by atoms with Gasteiger partial charge < -0.3 is 45.5 Å². The van der Waals surface area contributed by atoms with Crippen molar-refractivity contribution in [2.24, 2.45) is 5.41 Å². The summed E-state index contributed by atoms with van der Waals surface area (Å²) in [7, 11) is 0. The van der Waals surface area contributed by atoms with E-state index in [2.05, 4.69) is 79.1 Å². The van der Waals surface area contributed by atoms with Crippen LogP contribution in [0.25, 0.3) is 43.9 Å². The molecule has 4 atom stereocenters. The van der Waals surface area contributed by atoms with Crippen LogP contribution >= 0.6 is 11.3 Å². The van der Waals surface area contributed by atoms with Gasteiger partial charge in [-0.1, -0.05) is 124 Å². The van der Waals surface area contributed by atoms with E-state index in [9.17, 15) is 44.0 Å². The molecule has 448 valence electrons. The fourth-order valence-corrected chi connectivity index (χ4v) is 12.5. The van der Waals surface area contributed by atoms with Crippen molar-refractivity contribution in [1.29, 1.82) is 5.41 Å². The van der Waals surface area contributed by atoms with Crippen LogP contribution in [0.5, 0.6) is 0 Å². The Morgan fingerprint density at radius 3 is 2.23 bits per heavy atom. The van der Waals surface area contributed by atoms with Gasteiger partial charge in [0.05, 0.1) is 64.7 Å². The number of thiazole rings is 1. The van der Waals surface area contributed by atoms with Crippen molar-refractivity contribution in [2.75, 3.05) is 19.6 Å². The summed E-state index contributed by atoms with van der Waals surface area (Å²) >= 11 is 1.45. The third-order valence-electron chi connectivity index (χ3n) is 16.6. The first kappa shape index (κ1) is 60.8. The molecule has 3 aliphatic rings. The number of nitrogens with zero attached hydrogens (tertiary/aromatic N) is 5. The Hall–Kier alpha value is -8.31. The number of fused-ring (bicyclic) bond motifs is 1. The van der Waals surface area contributed by atoms with Crippen LogP contribution in [0, 0.1) is 29.6 Å². The molecule has 4 aromatic carbocycles. The normalized spacial score (nSPS) is 18.8. The molecule has 10 rings (SSSR count). The first-order valence-corrected chi connectivity index (χ1v) is 30.6. The fourth-order valence-electron chi connectivity index (χ4n) is 11.7. The van der Waals surface area contributed by atoms with Gasteiger partial charge in [-0.3, -0.25) is 29.4 Å². The molecule has 1 saturated heterocycles. The minimum Gasteiger partial charge on any atom is -0.393 e. The maximum atomic E-state index is 14.8. The predicted octanol–water partition coefficient (Wildman–Crippen LogP) is 8.60. The number of aliphatic hydroxyl groups is 2. The topological polar surface area (TPSA) is 237 Å². The molecule has 19 heteroatoms. The summed E-state index contributed by atoms with van der Waals surface area (Å²) in [6.07, 6.45) is 5.10. The Morgan fingerprint density at radius 2 is 1.53 bits per heavy atom. The number of benzene rings is 4. The molecule has 0 radical (unpaired) electrons. The van der Waals surface area contributed by atoms with Gasteiger partial charge in [0.15, 0.2) is 5.67 Å². The second-order valence-electron chi connectivity index (χ2n) is 24.1. The van der Waals surface area contributed by atoms with E-state index in [-0.39, 0.29) is 56.8 Å². The molecule has 5 amide bonds. The third-order valence-corrected chi connectivity index (χ3v) is 17.5. The Balaban J connectivity index is 0.756. The molecule has 0 bridgehead atoms. The molecule has 7 aromatic rings. The van der Waals surface area contributed by atoms with Crippen LogP contribution in [-0.2, 0) is 30.5 Å². The number of aryl methyl sites for hydroxylation is 1. The first-order valence-electron chi connectivity index (χ1n) is 29.7. The van der Waals surface area contributed by atoms with Crippen LogP contribution < -0.4 is 26.8 Å². The molecule has 3 aromatic heterocycles. The van der Waals surface area contributed by atoms with E-state index in [0.717, 1.165) is 73.5 Å². The van der Waals surface area contributed by atoms with E-state index in [0.29, 0.717) is 56.2 Å². The minimum absolute atomic E-state index is 0.0607. The van der Waals surface area contributed by atoms with Gasteiger partial charge in [-0.2, -0.15) is 0 Å². The number of hydrogen-bond acceptors (Lipinski definition) is 11. The molecule has 17 nitrogen and oxygen atoms in total. The average molecular weight is 1180 g/mol. The molecule has 7 N–H and O–H groups in total. The van der Waals surface area contributed by atoms with E-state index >= 15 is 0 Å². The van der Waals surface area contributed by atoms with Gasteiger partial charge >= 0.3 is 0 Å². The number of nitrogens with one attached hydrogen (secondary N) is 5. The van der Waals surface area contributed by atoms with Crippen LogP contribution in [0.15, 0.2) is 121 Å². The standard InChI is InChI=1S/C67H75FN10O7S/c1-42-59(86-41-73-42)48-25-16-24-47(34-48)52(74-63(83)53-35-51(80)39-76(53)64(84)60(66(2,3)4)75-65(85)67(68)30-31-67)36-54(81)71-37-55(82)70-32-14-6-5-9-17-43-18-15-19-44(33-43)38-77-58(46-22-12-8-13-23-46)56(45-20-10-7-11-21-45)57-61(69)78(40-72-62(57)77)49-26-28-50(79)29-27-49/h7-8,10-13,15-16,18-25,33-34,40-41,49-53,60,69,79-80H,5-6,14,26-32,35-39H2,1-4H3,(H,70,82)(H,71,81)(H,74,83)(H,75,85)/t49?,50?,51-,52+,53+,60?/m1/s1. The molecule has 86 heavy (non-hydrogen) atoms. The predicted molar refractivity (Wildman–Crippen MR) is 329 cm³/mol.